The highest BCUT2D eigenvalue weighted by Crippen LogP contribution is 2.33. The smallest absolute Gasteiger partial charge is 0.412 e. The van der Waals surface area contributed by atoms with E-state index >= 15 is 0 Å². The van der Waals surface area contributed by atoms with Crippen LogP contribution >= 0.6 is 21.8 Å². The molecule has 0 aliphatic heterocycles. The maximum absolute atomic E-state index is 13.2. The average molecular weight is 654 g/mol. The Kier molecular flexibility index (Phi) is 10.3. The quantitative estimate of drug-likeness (QED) is 0.155. The molecule has 4 rings (SSSR count). The summed E-state index contributed by atoms with van der Waals surface area (Å²) < 4.78 is 11.5. The predicted molar refractivity (Wildman–Crippen MR) is 174 cm³/mol. The zero-order valence-corrected chi connectivity index (χ0v) is 27.6. The Bertz CT molecular complexity index is 1710. The second-order valence-electron chi connectivity index (χ2n) is 10.9. The van der Waals surface area contributed by atoms with Crippen molar-refractivity contribution in [2.75, 3.05) is 22.5 Å². The number of rotatable bonds is 10. The summed E-state index contributed by atoms with van der Waals surface area (Å²) in [5.41, 5.74) is 0.754. The number of nitrogens with zero attached hydrogens (tertiary/aromatic N) is 6. The molecule has 0 aromatic carbocycles. The van der Waals surface area contributed by atoms with Crippen LogP contribution in [0, 0.1) is 0 Å². The SMILES string of the molecule is CCN(SSc1ccccn1)C(=O)c1cc(NC(=O)c2nc(NC(=O)c3cc(NC(=O)OC(C)(C)C)cn3C)cn2C)cn1C. The number of amides is 4. The molecule has 0 saturated heterocycles. The van der Waals surface area contributed by atoms with E-state index in [-0.39, 0.29) is 23.2 Å². The molecule has 238 valence electrons. The first-order chi connectivity index (χ1) is 21.2. The summed E-state index contributed by atoms with van der Waals surface area (Å²) in [6, 6.07) is 8.67. The fourth-order valence-corrected chi connectivity index (χ4v) is 6.05. The number of aromatic nitrogens is 5. The maximum Gasteiger partial charge on any atom is 0.412 e. The van der Waals surface area contributed by atoms with Crippen LogP contribution in [-0.2, 0) is 25.9 Å². The van der Waals surface area contributed by atoms with Crippen LogP contribution in [-0.4, -0.2) is 63.9 Å². The zero-order chi connectivity index (χ0) is 32.9. The van der Waals surface area contributed by atoms with E-state index in [1.165, 1.54) is 38.6 Å². The van der Waals surface area contributed by atoms with Crippen LogP contribution in [0.3, 0.4) is 0 Å². The van der Waals surface area contributed by atoms with E-state index in [0.29, 0.717) is 23.6 Å². The maximum atomic E-state index is 13.2. The van der Waals surface area contributed by atoms with Gasteiger partial charge in [-0.2, -0.15) is 0 Å². The van der Waals surface area contributed by atoms with Crippen molar-refractivity contribution in [3.8, 4) is 0 Å². The van der Waals surface area contributed by atoms with E-state index in [1.54, 1.807) is 80.0 Å². The second kappa shape index (κ2) is 13.9. The molecule has 16 heteroatoms. The lowest BCUT2D eigenvalue weighted by Crippen LogP contribution is -2.27. The number of carbonyl (C=O) groups is 4. The Morgan fingerprint density at radius 2 is 1.56 bits per heavy atom. The van der Waals surface area contributed by atoms with Gasteiger partial charge in [-0.05, 0) is 62.8 Å². The van der Waals surface area contributed by atoms with Gasteiger partial charge in [-0.25, -0.2) is 14.8 Å². The summed E-state index contributed by atoms with van der Waals surface area (Å²) >= 11 is 0. The summed E-state index contributed by atoms with van der Waals surface area (Å²) in [6.07, 6.45) is 5.77. The summed E-state index contributed by atoms with van der Waals surface area (Å²) in [5.74, 6) is -1.05. The highest BCUT2D eigenvalue weighted by atomic mass is 33.1. The van der Waals surface area contributed by atoms with Crippen LogP contribution in [0.5, 0.6) is 0 Å². The van der Waals surface area contributed by atoms with Gasteiger partial charge in [0.15, 0.2) is 5.82 Å². The molecule has 14 nitrogen and oxygen atoms in total. The Labute approximate surface area is 268 Å². The van der Waals surface area contributed by atoms with Gasteiger partial charge in [0.25, 0.3) is 17.7 Å². The van der Waals surface area contributed by atoms with Gasteiger partial charge in [-0.1, -0.05) is 6.07 Å². The molecular weight excluding hydrogens is 619 g/mol. The van der Waals surface area contributed by atoms with Crippen LogP contribution in [0.15, 0.2) is 60.1 Å². The largest absolute Gasteiger partial charge is 0.444 e. The third kappa shape index (κ3) is 8.69. The molecular formula is C29H35N9O5S2. The minimum atomic E-state index is -0.669. The van der Waals surface area contributed by atoms with E-state index in [0.717, 1.165) is 5.03 Å². The molecule has 0 radical (unpaired) electrons. The van der Waals surface area contributed by atoms with Crippen molar-refractivity contribution in [3.05, 3.63) is 72.3 Å². The monoisotopic (exact) mass is 653 g/mol. The van der Waals surface area contributed by atoms with Gasteiger partial charge in [-0.15, -0.1) is 0 Å². The first kappa shape index (κ1) is 33.2. The molecule has 4 aromatic rings. The number of anilines is 3. The van der Waals surface area contributed by atoms with Crippen LogP contribution in [0.2, 0.25) is 0 Å². The molecule has 4 aromatic heterocycles. The van der Waals surface area contributed by atoms with Crippen molar-refractivity contribution in [2.24, 2.45) is 21.1 Å². The Balaban J connectivity index is 1.39. The fraction of sp³-hybridized carbons (Fsp3) is 0.310. The Morgan fingerprint density at radius 3 is 2.20 bits per heavy atom. The number of aryl methyl sites for hydroxylation is 3. The number of hydrogen-bond acceptors (Lipinski definition) is 9. The lowest BCUT2D eigenvalue weighted by molar-refractivity contribution is 0.0635. The van der Waals surface area contributed by atoms with Gasteiger partial charge in [0, 0.05) is 63.5 Å². The minimum absolute atomic E-state index is 0.0405. The topological polar surface area (TPSA) is 157 Å². The standard InChI is InChI=1S/C29H35N9O5S2/c1-8-38(45-44-23-11-9-10-12-30-23)27(41)21-14-18(15-36(21)6)31-26(40)24-33-22(17-37(24)7)34-25(39)20-13-19(16-35(20)5)32-28(42)43-29(2,3)4/h9-17H,8H2,1-7H3,(H,31,40)(H,32,42)(H,34,39). The molecule has 0 spiro atoms. The molecule has 0 bridgehead atoms. The summed E-state index contributed by atoms with van der Waals surface area (Å²) in [7, 11) is 7.66. The normalized spacial score (nSPS) is 11.2. The molecule has 3 N–H and O–H groups in total. The van der Waals surface area contributed by atoms with Gasteiger partial charge < -0.3 is 29.1 Å². The number of ether oxygens (including phenoxy) is 1. The molecule has 0 aliphatic rings. The van der Waals surface area contributed by atoms with Crippen molar-refractivity contribution >= 4 is 62.8 Å². The molecule has 0 atom stereocenters. The first-order valence-electron chi connectivity index (χ1n) is 13.8. The highest BCUT2D eigenvalue weighted by Gasteiger charge is 2.23. The van der Waals surface area contributed by atoms with Gasteiger partial charge >= 0.3 is 6.09 Å². The molecule has 0 unspecified atom stereocenters. The van der Waals surface area contributed by atoms with E-state index in [1.807, 2.05) is 25.1 Å². The number of pyridine rings is 1. The first-order valence-corrected chi connectivity index (χ1v) is 15.9. The van der Waals surface area contributed by atoms with Gasteiger partial charge in [0.05, 0.1) is 11.4 Å². The molecule has 0 fully saturated rings. The van der Waals surface area contributed by atoms with E-state index < -0.39 is 23.5 Å². The lowest BCUT2D eigenvalue weighted by atomic mass is 10.2. The van der Waals surface area contributed by atoms with Crippen molar-refractivity contribution in [3.63, 3.8) is 0 Å². The summed E-state index contributed by atoms with van der Waals surface area (Å²) in [5, 5.41) is 8.83. The van der Waals surface area contributed by atoms with Crippen molar-refractivity contribution < 1.29 is 23.9 Å². The minimum Gasteiger partial charge on any atom is -0.444 e. The average Bonchev–Trinajstić information content (AvgIpc) is 3.63. The fourth-order valence-electron chi connectivity index (χ4n) is 4.07. The van der Waals surface area contributed by atoms with Crippen LogP contribution in [0.25, 0.3) is 0 Å². The van der Waals surface area contributed by atoms with Crippen molar-refractivity contribution in [1.29, 1.82) is 0 Å². The molecule has 0 saturated carbocycles. The lowest BCUT2D eigenvalue weighted by Gasteiger charge is -2.19. The summed E-state index contributed by atoms with van der Waals surface area (Å²) in [6.45, 7) is 7.60. The molecule has 0 aliphatic carbocycles. The highest BCUT2D eigenvalue weighted by molar-refractivity contribution is 8.75. The van der Waals surface area contributed by atoms with Gasteiger partial charge in [-0.3, -0.25) is 24.0 Å². The Hall–Kier alpha value is -4.70. The number of nitrogens with one attached hydrogen (secondary N) is 3. The van der Waals surface area contributed by atoms with Gasteiger partial charge in [0.2, 0.25) is 5.82 Å². The van der Waals surface area contributed by atoms with Crippen LogP contribution in [0.1, 0.15) is 59.3 Å². The molecule has 45 heavy (non-hydrogen) atoms. The number of imidazole rings is 1. The van der Waals surface area contributed by atoms with Crippen molar-refractivity contribution in [1.82, 2.24) is 28.0 Å². The van der Waals surface area contributed by atoms with E-state index in [9.17, 15) is 19.2 Å². The van der Waals surface area contributed by atoms with Crippen LogP contribution in [0.4, 0.5) is 22.0 Å². The molecule has 4 amide bonds. The zero-order valence-electron chi connectivity index (χ0n) is 25.9. The Morgan fingerprint density at radius 1 is 0.889 bits per heavy atom. The number of hydrogen-bond donors (Lipinski definition) is 3. The third-order valence-corrected chi connectivity index (χ3v) is 8.42. The van der Waals surface area contributed by atoms with E-state index in [2.05, 4.69) is 25.9 Å². The van der Waals surface area contributed by atoms with Gasteiger partial charge in [0.1, 0.15) is 22.0 Å². The number of carbonyl (C=O) groups excluding carboxylic acids is 4. The van der Waals surface area contributed by atoms with E-state index in [4.69, 9.17) is 4.74 Å². The summed E-state index contributed by atoms with van der Waals surface area (Å²) in [4.78, 5) is 60.0. The molecule has 4 heterocycles. The van der Waals surface area contributed by atoms with Crippen molar-refractivity contribution in [2.45, 2.75) is 38.3 Å². The predicted octanol–water partition coefficient (Wildman–Crippen LogP) is 5.16. The third-order valence-electron chi connectivity index (χ3n) is 6.05. The second-order valence-corrected chi connectivity index (χ2v) is 13.0. The van der Waals surface area contributed by atoms with Crippen LogP contribution < -0.4 is 16.0 Å².